The van der Waals surface area contributed by atoms with Crippen molar-refractivity contribution in [2.24, 2.45) is 5.73 Å². The molecular weight excluding hydrogens is 264 g/mol. The average Bonchev–Trinajstić information content (AvgIpc) is 3.04. The molecule has 1 aromatic rings. The fourth-order valence-electron chi connectivity index (χ4n) is 2.30. The van der Waals surface area contributed by atoms with E-state index in [0.717, 1.165) is 10.5 Å². The van der Waals surface area contributed by atoms with Crippen LogP contribution < -0.4 is 5.73 Å². The van der Waals surface area contributed by atoms with Gasteiger partial charge in [0, 0.05) is 16.6 Å². The summed E-state index contributed by atoms with van der Waals surface area (Å²) < 4.78 is 1.16. The molecule has 0 saturated heterocycles. The molecule has 2 unspecified atom stereocenters. The second kappa shape index (κ2) is 4.86. The highest BCUT2D eigenvalue weighted by Crippen LogP contribution is 2.36. The molecule has 1 fully saturated rings. The molecule has 2 nitrogen and oxygen atoms in total. The van der Waals surface area contributed by atoms with Crippen molar-refractivity contribution >= 4 is 15.9 Å². The van der Waals surface area contributed by atoms with Crippen LogP contribution in [0.15, 0.2) is 28.7 Å². The minimum absolute atomic E-state index is 0.143. The lowest BCUT2D eigenvalue weighted by Gasteiger charge is -2.32. The van der Waals surface area contributed by atoms with Crippen LogP contribution in [0, 0.1) is 0 Å². The smallest absolute Gasteiger partial charge is 0.0507 e. The molecule has 16 heavy (non-hydrogen) atoms. The molecule has 1 aromatic carbocycles. The molecule has 0 spiro atoms. The molecule has 1 aliphatic rings. The van der Waals surface area contributed by atoms with Crippen molar-refractivity contribution in [2.45, 2.75) is 37.9 Å². The van der Waals surface area contributed by atoms with Crippen molar-refractivity contribution in [2.75, 3.05) is 7.05 Å². The standard InChI is InChI=1S/C13H19BrN2/c1-9(15)13(16(2)10-7-8-10)11-5-3-4-6-12(11)14/h3-6,9-10,13H,7-8,15H2,1-2H3. The summed E-state index contributed by atoms with van der Waals surface area (Å²) in [5.74, 6) is 0. The monoisotopic (exact) mass is 282 g/mol. The minimum atomic E-state index is 0.143. The predicted molar refractivity (Wildman–Crippen MR) is 71.3 cm³/mol. The van der Waals surface area contributed by atoms with Gasteiger partial charge in [0.2, 0.25) is 0 Å². The molecule has 1 saturated carbocycles. The van der Waals surface area contributed by atoms with Gasteiger partial charge in [-0.2, -0.15) is 0 Å². The SMILES string of the molecule is CC(N)C(c1ccccc1Br)N(C)C1CC1. The summed E-state index contributed by atoms with van der Waals surface area (Å²) in [6.07, 6.45) is 2.62. The van der Waals surface area contributed by atoms with Gasteiger partial charge in [0.1, 0.15) is 0 Å². The molecule has 2 N–H and O–H groups in total. The summed E-state index contributed by atoms with van der Waals surface area (Å²) in [6, 6.07) is 9.55. The predicted octanol–water partition coefficient (Wildman–Crippen LogP) is 2.93. The second-order valence-electron chi connectivity index (χ2n) is 4.72. The van der Waals surface area contributed by atoms with E-state index < -0.39 is 0 Å². The summed E-state index contributed by atoms with van der Waals surface area (Å²) in [4.78, 5) is 2.42. The van der Waals surface area contributed by atoms with E-state index in [9.17, 15) is 0 Å². The third kappa shape index (κ3) is 2.47. The van der Waals surface area contributed by atoms with Crippen LogP contribution in [0.3, 0.4) is 0 Å². The molecule has 0 bridgehead atoms. The first-order valence-electron chi connectivity index (χ1n) is 5.83. The zero-order valence-electron chi connectivity index (χ0n) is 9.86. The molecule has 1 aliphatic carbocycles. The third-order valence-corrected chi connectivity index (χ3v) is 4.01. The molecule has 3 heteroatoms. The van der Waals surface area contributed by atoms with Crippen molar-refractivity contribution < 1.29 is 0 Å². The van der Waals surface area contributed by atoms with Crippen molar-refractivity contribution in [3.05, 3.63) is 34.3 Å². The van der Waals surface area contributed by atoms with Gasteiger partial charge in [-0.3, -0.25) is 4.90 Å². The highest BCUT2D eigenvalue weighted by atomic mass is 79.9. The van der Waals surface area contributed by atoms with Crippen molar-refractivity contribution in [1.82, 2.24) is 4.90 Å². The fourth-order valence-corrected chi connectivity index (χ4v) is 2.82. The Hall–Kier alpha value is -0.380. The van der Waals surface area contributed by atoms with Crippen LogP contribution >= 0.6 is 15.9 Å². The first kappa shape index (κ1) is 12.1. The van der Waals surface area contributed by atoms with Gasteiger partial charge in [-0.15, -0.1) is 0 Å². The van der Waals surface area contributed by atoms with E-state index >= 15 is 0 Å². The highest BCUT2D eigenvalue weighted by molar-refractivity contribution is 9.10. The van der Waals surface area contributed by atoms with E-state index in [-0.39, 0.29) is 6.04 Å². The van der Waals surface area contributed by atoms with Gasteiger partial charge in [0.15, 0.2) is 0 Å². The van der Waals surface area contributed by atoms with Crippen LogP contribution in [0.25, 0.3) is 0 Å². The third-order valence-electron chi connectivity index (χ3n) is 3.28. The molecule has 0 aromatic heterocycles. The van der Waals surface area contributed by atoms with Crippen LogP contribution in [0.5, 0.6) is 0 Å². The number of hydrogen-bond donors (Lipinski definition) is 1. The Kier molecular flexibility index (Phi) is 3.67. The molecule has 0 amide bonds. The number of halogens is 1. The summed E-state index contributed by atoms with van der Waals surface area (Å²) >= 11 is 3.62. The fraction of sp³-hybridized carbons (Fsp3) is 0.538. The van der Waals surface area contributed by atoms with Crippen LogP contribution in [-0.4, -0.2) is 24.0 Å². The molecule has 0 heterocycles. The quantitative estimate of drug-likeness (QED) is 0.920. The van der Waals surface area contributed by atoms with Gasteiger partial charge in [0.25, 0.3) is 0 Å². The highest BCUT2D eigenvalue weighted by Gasteiger charge is 2.34. The van der Waals surface area contributed by atoms with E-state index in [1.807, 2.05) is 6.07 Å². The summed E-state index contributed by atoms with van der Waals surface area (Å²) in [5, 5.41) is 0. The number of rotatable bonds is 4. The zero-order valence-corrected chi connectivity index (χ0v) is 11.4. The van der Waals surface area contributed by atoms with Gasteiger partial charge < -0.3 is 5.73 Å². The number of nitrogens with two attached hydrogens (primary N) is 1. The number of likely N-dealkylation sites (N-methyl/N-ethyl adjacent to an activating group) is 1. The Labute approximate surface area is 106 Å². The molecule has 0 radical (unpaired) electrons. The lowest BCUT2D eigenvalue weighted by molar-refractivity contribution is 0.209. The largest absolute Gasteiger partial charge is 0.326 e. The van der Waals surface area contributed by atoms with Gasteiger partial charge >= 0.3 is 0 Å². The Morgan fingerprint density at radius 1 is 1.38 bits per heavy atom. The average molecular weight is 283 g/mol. The zero-order chi connectivity index (χ0) is 11.7. The van der Waals surface area contributed by atoms with Crippen LogP contribution in [0.4, 0.5) is 0 Å². The lowest BCUT2D eigenvalue weighted by Crippen LogP contribution is -2.38. The van der Waals surface area contributed by atoms with Crippen molar-refractivity contribution in [3.63, 3.8) is 0 Å². The van der Waals surface area contributed by atoms with Gasteiger partial charge in [-0.1, -0.05) is 34.1 Å². The normalized spacial score (nSPS) is 19.8. The molecule has 0 aliphatic heterocycles. The van der Waals surface area contributed by atoms with E-state index in [4.69, 9.17) is 5.73 Å². The molecule has 2 rings (SSSR count). The lowest BCUT2D eigenvalue weighted by atomic mass is 9.99. The van der Waals surface area contributed by atoms with Gasteiger partial charge in [-0.25, -0.2) is 0 Å². The van der Waals surface area contributed by atoms with E-state index in [2.05, 4.69) is 53.0 Å². The molecule has 88 valence electrons. The Bertz CT molecular complexity index is 361. The Morgan fingerprint density at radius 3 is 2.50 bits per heavy atom. The van der Waals surface area contributed by atoms with E-state index in [1.165, 1.54) is 18.4 Å². The maximum atomic E-state index is 6.14. The topological polar surface area (TPSA) is 29.3 Å². The van der Waals surface area contributed by atoms with Gasteiger partial charge in [0.05, 0.1) is 6.04 Å². The summed E-state index contributed by atoms with van der Waals surface area (Å²) in [6.45, 7) is 2.09. The van der Waals surface area contributed by atoms with Crippen molar-refractivity contribution in [3.8, 4) is 0 Å². The minimum Gasteiger partial charge on any atom is -0.326 e. The van der Waals surface area contributed by atoms with E-state index in [1.54, 1.807) is 0 Å². The Morgan fingerprint density at radius 2 is 2.00 bits per heavy atom. The van der Waals surface area contributed by atoms with Crippen LogP contribution in [-0.2, 0) is 0 Å². The molecule has 2 atom stereocenters. The van der Waals surface area contributed by atoms with Crippen LogP contribution in [0.2, 0.25) is 0 Å². The van der Waals surface area contributed by atoms with Crippen LogP contribution in [0.1, 0.15) is 31.4 Å². The van der Waals surface area contributed by atoms with Gasteiger partial charge in [-0.05, 0) is 38.4 Å². The Balaban J connectivity index is 2.28. The first-order chi connectivity index (χ1) is 7.61. The molecular formula is C13H19BrN2. The number of benzene rings is 1. The first-order valence-corrected chi connectivity index (χ1v) is 6.62. The number of hydrogen-bond acceptors (Lipinski definition) is 2. The number of nitrogens with zero attached hydrogens (tertiary/aromatic N) is 1. The summed E-state index contributed by atoms with van der Waals surface area (Å²) in [5.41, 5.74) is 7.44. The van der Waals surface area contributed by atoms with Crippen molar-refractivity contribution in [1.29, 1.82) is 0 Å². The summed E-state index contributed by atoms with van der Waals surface area (Å²) in [7, 11) is 2.19. The van der Waals surface area contributed by atoms with E-state index in [0.29, 0.717) is 6.04 Å². The maximum Gasteiger partial charge on any atom is 0.0507 e. The second-order valence-corrected chi connectivity index (χ2v) is 5.58. The maximum absolute atomic E-state index is 6.14.